The molecule has 104 valence electrons. The molecule has 3 rings (SSSR count). The molecular weight excluding hydrogens is 338 g/mol. The average molecular weight is 353 g/mol. The summed E-state index contributed by atoms with van der Waals surface area (Å²) in [6.07, 6.45) is 1.65. The zero-order valence-electron chi connectivity index (χ0n) is 10.9. The van der Waals surface area contributed by atoms with Crippen molar-refractivity contribution in [2.45, 2.75) is 18.9 Å². The van der Waals surface area contributed by atoms with Gasteiger partial charge in [-0.1, -0.05) is 45.7 Å². The van der Waals surface area contributed by atoms with Crippen molar-refractivity contribution in [1.82, 2.24) is 0 Å². The second-order valence-electron chi connectivity index (χ2n) is 4.98. The van der Waals surface area contributed by atoms with Gasteiger partial charge < -0.3 is 10.5 Å². The number of ether oxygens (including phenoxy) is 1. The van der Waals surface area contributed by atoms with Crippen molar-refractivity contribution >= 4 is 27.5 Å². The van der Waals surface area contributed by atoms with Gasteiger partial charge in [0, 0.05) is 27.5 Å². The van der Waals surface area contributed by atoms with E-state index >= 15 is 0 Å². The summed E-state index contributed by atoms with van der Waals surface area (Å²) >= 11 is 9.76. The quantitative estimate of drug-likeness (QED) is 0.895. The molecule has 2 aromatic carbocycles. The van der Waals surface area contributed by atoms with Crippen molar-refractivity contribution < 1.29 is 4.74 Å². The molecule has 0 amide bonds. The van der Waals surface area contributed by atoms with E-state index in [1.165, 1.54) is 5.56 Å². The third-order valence-electron chi connectivity index (χ3n) is 3.57. The highest BCUT2D eigenvalue weighted by molar-refractivity contribution is 9.10. The van der Waals surface area contributed by atoms with Gasteiger partial charge >= 0.3 is 0 Å². The highest BCUT2D eigenvalue weighted by Crippen LogP contribution is 2.37. The minimum absolute atomic E-state index is 0.126. The van der Waals surface area contributed by atoms with Gasteiger partial charge in [0.2, 0.25) is 0 Å². The largest absolute Gasteiger partial charge is 0.493 e. The third-order valence-corrected chi connectivity index (χ3v) is 4.40. The van der Waals surface area contributed by atoms with Crippen molar-refractivity contribution in [3.05, 3.63) is 62.6 Å². The summed E-state index contributed by atoms with van der Waals surface area (Å²) < 4.78 is 6.79. The maximum Gasteiger partial charge on any atom is 0.127 e. The molecule has 0 aromatic heterocycles. The molecule has 2 aromatic rings. The summed E-state index contributed by atoms with van der Waals surface area (Å²) in [5.74, 6) is 0.952. The first-order chi connectivity index (χ1) is 9.65. The Labute approximate surface area is 132 Å². The fourth-order valence-electron chi connectivity index (χ4n) is 2.58. The lowest BCUT2D eigenvalue weighted by atomic mass is 9.97. The molecule has 0 saturated carbocycles. The van der Waals surface area contributed by atoms with Gasteiger partial charge in [-0.05, 0) is 35.7 Å². The van der Waals surface area contributed by atoms with Crippen LogP contribution in [0.25, 0.3) is 0 Å². The predicted octanol–water partition coefficient (Wildman–Crippen LogP) is 4.28. The summed E-state index contributed by atoms with van der Waals surface area (Å²) in [7, 11) is 0. The number of rotatable bonds is 3. The van der Waals surface area contributed by atoms with E-state index in [0.29, 0.717) is 6.42 Å². The molecule has 0 spiro atoms. The monoisotopic (exact) mass is 351 g/mol. The van der Waals surface area contributed by atoms with Gasteiger partial charge in [-0.3, -0.25) is 0 Å². The zero-order chi connectivity index (χ0) is 14.1. The van der Waals surface area contributed by atoms with Crippen LogP contribution in [-0.2, 0) is 12.8 Å². The second kappa shape index (κ2) is 5.76. The molecule has 2 N–H and O–H groups in total. The molecule has 20 heavy (non-hydrogen) atoms. The Morgan fingerprint density at radius 1 is 1.30 bits per heavy atom. The molecule has 1 atom stereocenters. The van der Waals surface area contributed by atoms with Crippen LogP contribution in [0.5, 0.6) is 5.75 Å². The molecule has 0 radical (unpaired) electrons. The van der Waals surface area contributed by atoms with Crippen molar-refractivity contribution in [3.63, 3.8) is 0 Å². The zero-order valence-corrected chi connectivity index (χ0v) is 13.2. The minimum Gasteiger partial charge on any atom is -0.493 e. The summed E-state index contributed by atoms with van der Waals surface area (Å²) in [6.45, 7) is 0.734. The van der Waals surface area contributed by atoms with Gasteiger partial charge in [0.15, 0.2) is 0 Å². The lowest BCUT2D eigenvalue weighted by Gasteiger charge is -2.17. The maximum atomic E-state index is 6.38. The Balaban J connectivity index is 1.92. The maximum absolute atomic E-state index is 6.38. The van der Waals surface area contributed by atoms with Gasteiger partial charge in [-0.15, -0.1) is 0 Å². The first kappa shape index (κ1) is 13.9. The molecule has 0 saturated heterocycles. The Hall–Kier alpha value is -1.03. The van der Waals surface area contributed by atoms with E-state index in [-0.39, 0.29) is 6.04 Å². The lowest BCUT2D eigenvalue weighted by Crippen LogP contribution is -2.14. The number of hydrogen-bond donors (Lipinski definition) is 1. The normalized spacial score (nSPS) is 14.8. The Kier molecular flexibility index (Phi) is 4.01. The molecule has 0 aliphatic carbocycles. The van der Waals surface area contributed by atoms with Gasteiger partial charge in [0.05, 0.1) is 6.61 Å². The number of hydrogen-bond acceptors (Lipinski definition) is 2. The van der Waals surface area contributed by atoms with Crippen molar-refractivity contribution in [1.29, 1.82) is 0 Å². The Bertz CT molecular complexity index is 644. The van der Waals surface area contributed by atoms with Crippen LogP contribution in [0.2, 0.25) is 5.02 Å². The molecule has 2 nitrogen and oxygen atoms in total. The van der Waals surface area contributed by atoms with Crippen molar-refractivity contribution in [2.24, 2.45) is 5.73 Å². The fourth-order valence-corrected chi connectivity index (χ4v) is 3.32. The molecule has 0 bridgehead atoms. The average Bonchev–Trinajstić information content (AvgIpc) is 2.88. The number of fused-ring (bicyclic) bond motifs is 1. The summed E-state index contributed by atoms with van der Waals surface area (Å²) in [6, 6.07) is 11.8. The summed E-state index contributed by atoms with van der Waals surface area (Å²) in [4.78, 5) is 0. The van der Waals surface area contributed by atoms with Gasteiger partial charge in [-0.2, -0.15) is 0 Å². The van der Waals surface area contributed by atoms with Crippen LogP contribution in [-0.4, -0.2) is 6.61 Å². The first-order valence-electron chi connectivity index (χ1n) is 6.59. The first-order valence-corrected chi connectivity index (χ1v) is 7.76. The third kappa shape index (κ3) is 2.71. The summed E-state index contributed by atoms with van der Waals surface area (Å²) in [5.41, 5.74) is 9.72. The SMILES string of the molecule is NC(Cc1ccccc1Cl)c1cc(Br)cc2c1OCC2. The molecule has 4 heteroatoms. The second-order valence-corrected chi connectivity index (χ2v) is 6.31. The topological polar surface area (TPSA) is 35.2 Å². The Morgan fingerprint density at radius 2 is 2.10 bits per heavy atom. The molecule has 1 heterocycles. The fraction of sp³-hybridized carbons (Fsp3) is 0.250. The van der Waals surface area contributed by atoms with Crippen LogP contribution >= 0.6 is 27.5 Å². The number of benzene rings is 2. The molecule has 1 aliphatic rings. The van der Waals surface area contributed by atoms with Crippen LogP contribution in [0, 0.1) is 0 Å². The smallest absolute Gasteiger partial charge is 0.127 e. The van der Waals surface area contributed by atoms with Gasteiger partial charge in [0.25, 0.3) is 0 Å². The van der Waals surface area contributed by atoms with E-state index in [2.05, 4.69) is 22.0 Å². The van der Waals surface area contributed by atoms with Gasteiger partial charge in [0.1, 0.15) is 5.75 Å². The molecule has 1 unspecified atom stereocenters. The van der Waals surface area contributed by atoms with Crippen LogP contribution in [0.15, 0.2) is 40.9 Å². The molecule has 0 fully saturated rings. The molecular formula is C16H15BrClNO. The van der Waals surface area contributed by atoms with E-state index in [1.54, 1.807) is 0 Å². The van der Waals surface area contributed by atoms with E-state index in [1.807, 2.05) is 30.3 Å². The highest BCUT2D eigenvalue weighted by atomic mass is 79.9. The Morgan fingerprint density at radius 3 is 2.90 bits per heavy atom. The van der Waals surface area contributed by atoms with Crippen LogP contribution < -0.4 is 10.5 Å². The van der Waals surface area contributed by atoms with Crippen molar-refractivity contribution in [2.75, 3.05) is 6.61 Å². The van der Waals surface area contributed by atoms with E-state index in [0.717, 1.165) is 39.4 Å². The summed E-state index contributed by atoms with van der Waals surface area (Å²) in [5, 5.41) is 0.760. The standard InChI is InChI=1S/C16H15BrClNO/c17-12-7-11-5-6-20-16(11)13(9-12)15(19)8-10-3-1-2-4-14(10)18/h1-4,7,9,15H,5-6,8,19H2. The number of halogens is 2. The van der Waals surface area contributed by atoms with Crippen LogP contribution in [0.4, 0.5) is 0 Å². The van der Waals surface area contributed by atoms with Crippen LogP contribution in [0.1, 0.15) is 22.7 Å². The van der Waals surface area contributed by atoms with Crippen molar-refractivity contribution in [3.8, 4) is 5.75 Å². The van der Waals surface area contributed by atoms with E-state index in [4.69, 9.17) is 22.1 Å². The number of nitrogens with two attached hydrogens (primary N) is 1. The molecule has 1 aliphatic heterocycles. The van der Waals surface area contributed by atoms with E-state index in [9.17, 15) is 0 Å². The minimum atomic E-state index is -0.126. The van der Waals surface area contributed by atoms with Crippen LogP contribution in [0.3, 0.4) is 0 Å². The predicted molar refractivity (Wildman–Crippen MR) is 85.4 cm³/mol. The highest BCUT2D eigenvalue weighted by Gasteiger charge is 2.21. The lowest BCUT2D eigenvalue weighted by molar-refractivity contribution is 0.351. The van der Waals surface area contributed by atoms with E-state index < -0.39 is 0 Å². The van der Waals surface area contributed by atoms with Gasteiger partial charge in [-0.25, -0.2) is 0 Å².